The van der Waals surface area contributed by atoms with Crippen LogP contribution in [0.15, 0.2) is 154 Å². The van der Waals surface area contributed by atoms with Crippen LogP contribution in [-0.2, 0) is 0 Å². The SMILES string of the molecule is [2H]c1c([2H])c([2H])c(-c2c([2H])c([2H])c([2H])c(-c3ccc4c(c3)oc3c(-c5c([2H])c([2H])c([2H])c(-c6c([2H])c([2H])c([2H])c7c6oc6c([2H])c([2H])c([2H])c([2H])c67)c5[2H])ncnc34)c2[2H])c([2H])c1[2H]. The zero-order valence-electron chi connectivity index (χ0n) is 42.0. The van der Waals surface area contributed by atoms with Gasteiger partial charge < -0.3 is 8.83 Å². The highest BCUT2D eigenvalue weighted by Crippen LogP contribution is 2.39. The zero-order chi connectivity index (χ0) is 46.4. The van der Waals surface area contributed by atoms with Crippen LogP contribution >= 0.6 is 0 Å². The summed E-state index contributed by atoms with van der Waals surface area (Å²) in [5, 5.41) is -0.256. The first kappa shape index (κ1) is 11.9. The zero-order valence-corrected chi connectivity index (χ0v) is 22.0. The van der Waals surface area contributed by atoms with Crippen molar-refractivity contribution in [3.05, 3.63) is 145 Å². The second-order valence-electron chi connectivity index (χ2n) is 9.47. The van der Waals surface area contributed by atoms with E-state index < -0.39 is 160 Å². The maximum atomic E-state index is 9.46. The lowest BCUT2D eigenvalue weighted by Gasteiger charge is -2.06. The number of benzene rings is 6. The molecule has 6 aromatic carbocycles. The minimum atomic E-state index is -0.759. The maximum Gasteiger partial charge on any atom is 0.180 e. The Morgan fingerprint density at radius 1 is 0.477 bits per heavy atom. The number of para-hydroxylation sites is 2. The van der Waals surface area contributed by atoms with E-state index in [1.165, 1.54) is 18.2 Å². The van der Waals surface area contributed by atoms with E-state index in [1.54, 1.807) is 0 Å². The van der Waals surface area contributed by atoms with Crippen LogP contribution in [0.4, 0.5) is 0 Å². The summed E-state index contributed by atoms with van der Waals surface area (Å²) in [6.45, 7) is 0. The van der Waals surface area contributed by atoms with Crippen molar-refractivity contribution < 1.29 is 36.2 Å². The molecule has 206 valence electrons. The molecular formula is C40H24N2O2. The Labute approximate surface area is 281 Å². The van der Waals surface area contributed by atoms with Gasteiger partial charge in [-0.05, 0) is 58.1 Å². The monoisotopic (exact) mass is 584 g/mol. The van der Waals surface area contributed by atoms with Crippen molar-refractivity contribution in [3.63, 3.8) is 0 Å². The van der Waals surface area contributed by atoms with Crippen molar-refractivity contribution in [1.29, 1.82) is 0 Å². The molecular weight excluding hydrogens is 540 g/mol. The molecule has 0 aliphatic rings. The lowest BCUT2D eigenvalue weighted by Crippen LogP contribution is -1.88. The quantitative estimate of drug-likeness (QED) is 0.206. The van der Waals surface area contributed by atoms with Gasteiger partial charge in [-0.1, -0.05) is 109 Å². The molecule has 3 aromatic heterocycles. The average molecular weight is 585 g/mol. The standard InChI is InChI=1S/C40H24N2O2/c1-2-9-25(10-3-1)26-11-6-12-27(21-26)28-19-20-34-36(23-28)44-40-37(41-24-42-38(34)40)30-14-7-13-29(22-30)31-16-8-17-33-32-15-4-5-18-35(32)43-39(31)33/h1-24H/i1D,2D,3D,4D,5D,6D,7D,8D,9D,10D,11D,12D,13D,14D,15D,16D,17D,18D,21D,22D. The summed E-state index contributed by atoms with van der Waals surface area (Å²) in [7, 11) is 0. The predicted molar refractivity (Wildman–Crippen MR) is 178 cm³/mol. The first-order valence-electron chi connectivity index (χ1n) is 23.0. The number of hydrogen-bond donors (Lipinski definition) is 0. The molecule has 9 aromatic rings. The Hall–Kier alpha value is -6.00. The van der Waals surface area contributed by atoms with E-state index in [0.717, 1.165) is 6.33 Å². The van der Waals surface area contributed by atoms with Crippen molar-refractivity contribution in [1.82, 2.24) is 9.97 Å². The van der Waals surface area contributed by atoms with Crippen molar-refractivity contribution in [2.45, 2.75) is 0 Å². The van der Waals surface area contributed by atoms with E-state index in [0.29, 0.717) is 5.39 Å². The van der Waals surface area contributed by atoms with Crippen LogP contribution in [0.5, 0.6) is 0 Å². The number of hydrogen-bond acceptors (Lipinski definition) is 4. The van der Waals surface area contributed by atoms with Gasteiger partial charge in [0, 0.05) is 27.3 Å². The van der Waals surface area contributed by atoms with Crippen molar-refractivity contribution in [2.24, 2.45) is 0 Å². The third-order valence-electron chi connectivity index (χ3n) is 6.96. The van der Waals surface area contributed by atoms with E-state index in [1.807, 2.05) is 0 Å². The molecule has 4 nitrogen and oxygen atoms in total. The lowest BCUT2D eigenvalue weighted by molar-refractivity contribution is 0.667. The van der Waals surface area contributed by atoms with Gasteiger partial charge in [0.15, 0.2) is 5.58 Å². The Morgan fingerprint density at radius 2 is 1.16 bits per heavy atom. The lowest BCUT2D eigenvalue weighted by atomic mass is 9.98. The van der Waals surface area contributed by atoms with Crippen LogP contribution in [-0.4, -0.2) is 9.97 Å². The Morgan fingerprint density at radius 3 is 2.07 bits per heavy atom. The van der Waals surface area contributed by atoms with Gasteiger partial charge >= 0.3 is 0 Å². The van der Waals surface area contributed by atoms with Crippen LogP contribution < -0.4 is 0 Å². The van der Waals surface area contributed by atoms with E-state index in [4.69, 9.17) is 34.9 Å². The normalized spacial score (nSPS) is 18.0. The molecule has 44 heavy (non-hydrogen) atoms. The fourth-order valence-electron chi connectivity index (χ4n) is 4.99. The molecule has 3 heterocycles. The van der Waals surface area contributed by atoms with Crippen molar-refractivity contribution in [3.8, 4) is 44.6 Å². The van der Waals surface area contributed by atoms with Crippen LogP contribution in [0.25, 0.3) is 88.6 Å². The molecule has 0 bridgehead atoms. The predicted octanol–water partition coefficient (Wildman–Crippen LogP) is 10.9. The third-order valence-corrected chi connectivity index (χ3v) is 6.96. The second-order valence-corrected chi connectivity index (χ2v) is 9.47. The Balaban J connectivity index is 1.29. The first-order chi connectivity index (χ1) is 30.1. The van der Waals surface area contributed by atoms with Gasteiger partial charge in [-0.2, -0.15) is 0 Å². The van der Waals surface area contributed by atoms with Gasteiger partial charge in [0.2, 0.25) is 0 Å². The molecule has 0 saturated carbocycles. The fraction of sp³-hybridized carbons (Fsp3) is 0. The molecule has 0 spiro atoms. The molecule has 0 saturated heterocycles. The molecule has 0 aliphatic carbocycles. The van der Waals surface area contributed by atoms with Gasteiger partial charge in [-0.25, -0.2) is 9.97 Å². The summed E-state index contributed by atoms with van der Waals surface area (Å²) in [5.41, 5.74) is -3.55. The third kappa shape index (κ3) is 3.92. The summed E-state index contributed by atoms with van der Waals surface area (Å²) in [6.07, 6.45) is 1.08. The van der Waals surface area contributed by atoms with Crippen LogP contribution in [0.3, 0.4) is 0 Å². The smallest absolute Gasteiger partial charge is 0.180 e. The minimum absolute atomic E-state index is 0.0302. The second kappa shape index (κ2) is 9.79. The summed E-state index contributed by atoms with van der Waals surface area (Å²) in [6, 6.07) is -9.29. The minimum Gasteiger partial charge on any atom is -0.455 e. The van der Waals surface area contributed by atoms with E-state index in [2.05, 4.69) is 9.97 Å². The molecule has 0 radical (unpaired) electrons. The van der Waals surface area contributed by atoms with E-state index in [-0.39, 0.29) is 44.3 Å². The molecule has 4 heteroatoms. The van der Waals surface area contributed by atoms with Gasteiger partial charge in [-0.3, -0.25) is 0 Å². The Kier molecular flexibility index (Phi) is 2.66. The molecule has 0 atom stereocenters. The first-order valence-corrected chi connectivity index (χ1v) is 13.0. The summed E-state index contributed by atoms with van der Waals surface area (Å²) < 4.78 is 184. The molecule has 0 N–H and O–H groups in total. The Bertz CT molecular complexity index is 3610. The number of rotatable bonds is 4. The van der Waals surface area contributed by atoms with Crippen molar-refractivity contribution >= 4 is 44.0 Å². The highest BCUT2D eigenvalue weighted by Gasteiger charge is 2.17. The van der Waals surface area contributed by atoms with Gasteiger partial charge in [0.25, 0.3) is 0 Å². The number of aromatic nitrogens is 2. The summed E-state index contributed by atoms with van der Waals surface area (Å²) in [5.74, 6) is 0. The van der Waals surface area contributed by atoms with Crippen LogP contribution in [0.2, 0.25) is 0 Å². The molecule has 0 fully saturated rings. The summed E-state index contributed by atoms with van der Waals surface area (Å²) >= 11 is 0. The maximum absolute atomic E-state index is 9.46. The number of nitrogens with zero attached hydrogens (tertiary/aromatic N) is 2. The highest BCUT2D eigenvalue weighted by molar-refractivity contribution is 6.10. The molecule has 9 rings (SSSR count). The summed E-state index contributed by atoms with van der Waals surface area (Å²) in [4.78, 5) is 8.64. The fourth-order valence-corrected chi connectivity index (χ4v) is 4.99. The van der Waals surface area contributed by atoms with Crippen molar-refractivity contribution in [2.75, 3.05) is 0 Å². The van der Waals surface area contributed by atoms with E-state index in [9.17, 15) is 1.37 Å². The van der Waals surface area contributed by atoms with Crippen LogP contribution in [0.1, 0.15) is 27.4 Å². The number of fused-ring (bicyclic) bond motifs is 6. The number of furan rings is 2. The van der Waals surface area contributed by atoms with Gasteiger partial charge in [0.05, 0.1) is 27.4 Å². The highest BCUT2D eigenvalue weighted by atomic mass is 16.3. The molecule has 0 aliphatic heterocycles. The average Bonchev–Trinajstić information content (AvgIpc) is 3.86. The molecule has 0 unspecified atom stereocenters. The van der Waals surface area contributed by atoms with Gasteiger partial charge in [0.1, 0.15) is 34.3 Å². The topological polar surface area (TPSA) is 52.1 Å². The van der Waals surface area contributed by atoms with Gasteiger partial charge in [-0.15, -0.1) is 0 Å². The largest absolute Gasteiger partial charge is 0.455 e. The van der Waals surface area contributed by atoms with E-state index >= 15 is 0 Å². The molecule has 0 amide bonds. The van der Waals surface area contributed by atoms with Crippen LogP contribution in [0, 0.1) is 0 Å².